The number of likely N-dealkylation sites (N-methyl/N-ethyl adjacent to an activating group) is 1. The van der Waals surface area contributed by atoms with Gasteiger partial charge in [0.2, 0.25) is 5.91 Å². The molecule has 2 aromatic heterocycles. The molecular formula is C23H22N4O3S. The van der Waals surface area contributed by atoms with Crippen molar-refractivity contribution in [3.05, 3.63) is 72.0 Å². The van der Waals surface area contributed by atoms with Gasteiger partial charge in [0.05, 0.1) is 16.8 Å². The van der Waals surface area contributed by atoms with Gasteiger partial charge in [0, 0.05) is 12.2 Å². The summed E-state index contributed by atoms with van der Waals surface area (Å²) in [6.45, 7) is 0.615. The Balaban J connectivity index is 1.38. The van der Waals surface area contributed by atoms with Crippen LogP contribution >= 0.6 is 11.3 Å². The number of nitrogens with zero attached hydrogens (tertiary/aromatic N) is 2. The molecule has 158 valence electrons. The summed E-state index contributed by atoms with van der Waals surface area (Å²) in [5.41, 5.74) is 2.46. The highest BCUT2D eigenvalue weighted by Gasteiger charge is 2.15. The lowest BCUT2D eigenvalue weighted by molar-refractivity contribution is -0.116. The second-order valence-electron chi connectivity index (χ2n) is 7.32. The number of hydrogen-bond donors (Lipinski definition) is 2. The topological polar surface area (TPSA) is 87.5 Å². The monoisotopic (exact) mass is 434 g/mol. The Hall–Kier alpha value is -3.49. The fourth-order valence-electron chi connectivity index (χ4n) is 3.07. The predicted molar refractivity (Wildman–Crippen MR) is 122 cm³/mol. The Morgan fingerprint density at radius 3 is 2.71 bits per heavy atom. The molecule has 0 saturated carbocycles. The Morgan fingerprint density at radius 2 is 1.90 bits per heavy atom. The second kappa shape index (κ2) is 9.11. The first-order valence-corrected chi connectivity index (χ1v) is 10.6. The van der Waals surface area contributed by atoms with Gasteiger partial charge in [0.15, 0.2) is 16.5 Å². The number of carbonyl (C=O) groups excluding carboxylic acids is 2. The molecule has 0 atom stereocenters. The summed E-state index contributed by atoms with van der Waals surface area (Å²) in [5, 5.41) is 6.43. The van der Waals surface area contributed by atoms with Crippen LogP contribution in [0, 0.1) is 0 Å². The third kappa shape index (κ3) is 5.17. The fourth-order valence-corrected chi connectivity index (χ4v) is 4.00. The normalized spacial score (nSPS) is 11.1. The highest BCUT2D eigenvalue weighted by molar-refractivity contribution is 7.21. The molecule has 0 saturated heterocycles. The molecule has 0 unspecified atom stereocenters. The zero-order chi connectivity index (χ0) is 21.8. The van der Waals surface area contributed by atoms with Crippen LogP contribution in [-0.2, 0) is 11.3 Å². The minimum absolute atomic E-state index is 0.0934. The predicted octanol–water partition coefficient (Wildman–Crippen LogP) is 3.99. The molecule has 0 bridgehead atoms. The van der Waals surface area contributed by atoms with Crippen LogP contribution in [0.5, 0.6) is 0 Å². The van der Waals surface area contributed by atoms with E-state index in [1.807, 2.05) is 62.6 Å². The summed E-state index contributed by atoms with van der Waals surface area (Å²) in [5.74, 6) is 0.389. The molecule has 0 aliphatic rings. The highest BCUT2D eigenvalue weighted by atomic mass is 32.1. The van der Waals surface area contributed by atoms with E-state index in [9.17, 15) is 9.59 Å². The average Bonchev–Trinajstić information content (AvgIpc) is 3.38. The number of aromatic nitrogens is 1. The molecule has 0 aliphatic heterocycles. The average molecular weight is 435 g/mol. The summed E-state index contributed by atoms with van der Waals surface area (Å²) in [4.78, 5) is 30.8. The molecule has 2 heterocycles. The number of nitrogens with one attached hydrogen (secondary N) is 2. The zero-order valence-electron chi connectivity index (χ0n) is 17.2. The summed E-state index contributed by atoms with van der Waals surface area (Å²) >= 11 is 1.52. The Morgan fingerprint density at radius 1 is 1.06 bits per heavy atom. The van der Waals surface area contributed by atoms with Gasteiger partial charge < -0.3 is 20.0 Å². The quantitative estimate of drug-likeness (QED) is 0.459. The largest absolute Gasteiger partial charge is 0.448 e. The Bertz CT molecular complexity index is 1200. The summed E-state index contributed by atoms with van der Waals surface area (Å²) in [6.07, 6.45) is 0. The highest BCUT2D eigenvalue weighted by Crippen LogP contribution is 2.31. The number of para-hydroxylation sites is 1. The lowest BCUT2D eigenvalue weighted by atomic mass is 10.2. The first kappa shape index (κ1) is 20.8. The first-order chi connectivity index (χ1) is 15.0. The molecule has 0 spiro atoms. The maximum Gasteiger partial charge on any atom is 0.287 e. The van der Waals surface area contributed by atoms with E-state index in [1.54, 1.807) is 17.0 Å². The standard InChI is InChI=1S/C23H22N4O3S/c1-27(2)14-21(28)25-16-7-5-6-15(12-16)13-24-22(29)18-10-11-19(30-18)23-26-17-8-3-4-9-20(17)31-23/h3-12H,13-14H2,1-2H3,(H,24,29)(H,25,28). The van der Waals surface area contributed by atoms with Crippen molar-refractivity contribution in [2.45, 2.75) is 6.54 Å². The number of rotatable bonds is 7. The number of anilines is 1. The van der Waals surface area contributed by atoms with Gasteiger partial charge in [-0.3, -0.25) is 9.59 Å². The van der Waals surface area contributed by atoms with E-state index in [1.165, 1.54) is 11.3 Å². The molecule has 0 fully saturated rings. The van der Waals surface area contributed by atoms with Gasteiger partial charge in [-0.15, -0.1) is 11.3 Å². The maximum atomic E-state index is 12.5. The fraction of sp³-hybridized carbons (Fsp3) is 0.174. The van der Waals surface area contributed by atoms with Crippen LogP contribution in [0.1, 0.15) is 16.1 Å². The molecule has 7 nitrogen and oxygen atoms in total. The van der Waals surface area contributed by atoms with Crippen LogP contribution in [0.15, 0.2) is 65.1 Å². The van der Waals surface area contributed by atoms with Crippen molar-refractivity contribution in [1.82, 2.24) is 15.2 Å². The van der Waals surface area contributed by atoms with Crippen LogP contribution < -0.4 is 10.6 Å². The van der Waals surface area contributed by atoms with E-state index in [0.717, 1.165) is 20.8 Å². The first-order valence-electron chi connectivity index (χ1n) is 9.75. The van der Waals surface area contributed by atoms with E-state index in [-0.39, 0.29) is 17.6 Å². The van der Waals surface area contributed by atoms with Crippen LogP contribution in [0.4, 0.5) is 5.69 Å². The number of furan rings is 1. The number of carbonyl (C=O) groups is 2. The van der Waals surface area contributed by atoms with Gasteiger partial charge in [0.1, 0.15) is 0 Å². The maximum absolute atomic E-state index is 12.5. The molecule has 0 aliphatic carbocycles. The second-order valence-corrected chi connectivity index (χ2v) is 8.35. The molecule has 0 radical (unpaired) electrons. The van der Waals surface area contributed by atoms with Crippen LogP contribution in [0.2, 0.25) is 0 Å². The van der Waals surface area contributed by atoms with Crippen LogP contribution in [-0.4, -0.2) is 42.3 Å². The lowest BCUT2D eigenvalue weighted by Crippen LogP contribution is -2.27. The number of amides is 2. The van der Waals surface area contributed by atoms with Gasteiger partial charge in [-0.05, 0) is 56.1 Å². The van der Waals surface area contributed by atoms with Crippen molar-refractivity contribution in [1.29, 1.82) is 0 Å². The van der Waals surface area contributed by atoms with E-state index in [4.69, 9.17) is 4.42 Å². The van der Waals surface area contributed by atoms with Gasteiger partial charge in [0.25, 0.3) is 5.91 Å². The van der Waals surface area contributed by atoms with Crippen LogP contribution in [0.25, 0.3) is 21.0 Å². The number of thiazole rings is 1. The van der Waals surface area contributed by atoms with Crippen LogP contribution in [0.3, 0.4) is 0 Å². The van der Waals surface area contributed by atoms with Crippen molar-refractivity contribution in [3.8, 4) is 10.8 Å². The van der Waals surface area contributed by atoms with Crippen molar-refractivity contribution in [2.75, 3.05) is 26.0 Å². The Kier molecular flexibility index (Phi) is 6.11. The number of fused-ring (bicyclic) bond motifs is 1. The molecule has 2 amide bonds. The minimum Gasteiger partial charge on any atom is -0.448 e. The minimum atomic E-state index is -0.311. The lowest BCUT2D eigenvalue weighted by Gasteiger charge is -2.11. The van der Waals surface area contributed by atoms with E-state index in [2.05, 4.69) is 15.6 Å². The van der Waals surface area contributed by atoms with Gasteiger partial charge in [-0.25, -0.2) is 4.98 Å². The van der Waals surface area contributed by atoms with E-state index >= 15 is 0 Å². The SMILES string of the molecule is CN(C)CC(=O)Nc1cccc(CNC(=O)c2ccc(-c3nc4ccccc4s3)o2)c1. The number of benzene rings is 2. The van der Waals surface area contributed by atoms with Crippen molar-refractivity contribution < 1.29 is 14.0 Å². The molecule has 2 aromatic carbocycles. The van der Waals surface area contributed by atoms with Crippen molar-refractivity contribution in [2.24, 2.45) is 0 Å². The van der Waals surface area contributed by atoms with Crippen molar-refractivity contribution in [3.63, 3.8) is 0 Å². The Labute approximate surface area is 183 Å². The molecule has 4 rings (SSSR count). The molecule has 8 heteroatoms. The number of hydrogen-bond acceptors (Lipinski definition) is 6. The summed E-state index contributed by atoms with van der Waals surface area (Å²) in [7, 11) is 3.67. The zero-order valence-corrected chi connectivity index (χ0v) is 18.0. The summed E-state index contributed by atoms with van der Waals surface area (Å²) in [6, 6.07) is 18.6. The molecule has 4 aromatic rings. The van der Waals surface area contributed by atoms with Gasteiger partial charge >= 0.3 is 0 Å². The van der Waals surface area contributed by atoms with Crippen molar-refractivity contribution >= 4 is 39.1 Å². The van der Waals surface area contributed by atoms with E-state index < -0.39 is 0 Å². The smallest absolute Gasteiger partial charge is 0.287 e. The summed E-state index contributed by atoms with van der Waals surface area (Å²) < 4.78 is 6.80. The molecule has 2 N–H and O–H groups in total. The molecular weight excluding hydrogens is 412 g/mol. The molecule has 31 heavy (non-hydrogen) atoms. The third-order valence-electron chi connectivity index (χ3n) is 4.46. The third-order valence-corrected chi connectivity index (χ3v) is 5.51. The van der Waals surface area contributed by atoms with Gasteiger partial charge in [-0.2, -0.15) is 0 Å². The van der Waals surface area contributed by atoms with E-state index in [0.29, 0.717) is 24.5 Å². The van der Waals surface area contributed by atoms with Gasteiger partial charge in [-0.1, -0.05) is 24.3 Å².